The topological polar surface area (TPSA) is 76.0 Å². The van der Waals surface area contributed by atoms with Crippen LogP contribution in [0.2, 0.25) is 0 Å². The molecule has 0 aromatic carbocycles. The summed E-state index contributed by atoms with van der Waals surface area (Å²) in [6.45, 7) is 0.463. The highest BCUT2D eigenvalue weighted by Gasteiger charge is 2.29. The van der Waals surface area contributed by atoms with Crippen LogP contribution in [0.5, 0.6) is 0 Å². The van der Waals surface area contributed by atoms with E-state index in [4.69, 9.17) is 14.7 Å². The lowest BCUT2D eigenvalue weighted by Gasteiger charge is -2.07. The minimum atomic E-state index is -2.58. The highest BCUT2D eigenvalue weighted by atomic mass is 31.1. The summed E-state index contributed by atoms with van der Waals surface area (Å²) in [5, 5.41) is 9.12. The number of hydrogen-bond donors (Lipinski definition) is 2. The molecule has 1 fully saturated rings. The normalized spacial score (nSPS) is 32.4. The lowest BCUT2D eigenvalue weighted by Crippen LogP contribution is -2.25. The molecule has 1 saturated heterocycles. The van der Waals surface area contributed by atoms with Gasteiger partial charge in [-0.1, -0.05) is 0 Å². The standard InChI is InChI=1S/C5H9O5P/c6-4-1-2-9-5(4)3-10-11(7)8/h4-6H,1-3H2/p+1/t4?,5-/m1/s1. The lowest BCUT2D eigenvalue weighted by atomic mass is 10.2. The maximum absolute atomic E-state index is 10.1. The van der Waals surface area contributed by atoms with Crippen LogP contribution in [0.4, 0.5) is 0 Å². The van der Waals surface area contributed by atoms with Crippen molar-refractivity contribution in [3.05, 3.63) is 0 Å². The molecular weight excluding hydrogens is 171 g/mol. The first-order chi connectivity index (χ1) is 5.20. The van der Waals surface area contributed by atoms with E-state index in [1.165, 1.54) is 0 Å². The van der Waals surface area contributed by atoms with Crippen molar-refractivity contribution >= 4 is 8.25 Å². The molecule has 2 unspecified atom stereocenters. The SMILES string of the molecule is O=[P+](O)OC[C@H]1OCCC1O. The Labute approximate surface area is 64.9 Å². The van der Waals surface area contributed by atoms with E-state index in [0.717, 1.165) is 0 Å². The van der Waals surface area contributed by atoms with Gasteiger partial charge in [0, 0.05) is 11.2 Å². The van der Waals surface area contributed by atoms with E-state index in [0.29, 0.717) is 13.0 Å². The minimum absolute atomic E-state index is 0.0210. The van der Waals surface area contributed by atoms with Crippen molar-refractivity contribution in [1.82, 2.24) is 0 Å². The van der Waals surface area contributed by atoms with Gasteiger partial charge in [0.1, 0.15) is 12.7 Å². The number of rotatable bonds is 3. The summed E-state index contributed by atoms with van der Waals surface area (Å²) in [6, 6.07) is 0. The molecule has 0 bridgehead atoms. The van der Waals surface area contributed by atoms with Crippen LogP contribution < -0.4 is 0 Å². The van der Waals surface area contributed by atoms with Gasteiger partial charge in [0.25, 0.3) is 0 Å². The van der Waals surface area contributed by atoms with Gasteiger partial charge >= 0.3 is 8.25 Å². The molecule has 5 nitrogen and oxygen atoms in total. The third-order valence-electron chi connectivity index (χ3n) is 1.52. The van der Waals surface area contributed by atoms with Gasteiger partial charge in [-0.15, -0.1) is 9.42 Å². The Morgan fingerprint density at radius 3 is 2.91 bits per heavy atom. The molecule has 3 atom stereocenters. The Hall–Kier alpha value is -0.0600. The van der Waals surface area contributed by atoms with Crippen molar-refractivity contribution in [2.24, 2.45) is 0 Å². The second-order valence-electron chi connectivity index (χ2n) is 2.30. The van der Waals surface area contributed by atoms with Crippen molar-refractivity contribution in [1.29, 1.82) is 0 Å². The first kappa shape index (κ1) is 9.03. The Morgan fingerprint density at radius 1 is 1.73 bits per heavy atom. The van der Waals surface area contributed by atoms with Crippen LogP contribution in [-0.2, 0) is 13.8 Å². The number of aliphatic hydroxyl groups is 1. The Balaban J connectivity index is 2.20. The molecule has 0 aliphatic carbocycles. The van der Waals surface area contributed by atoms with Crippen molar-refractivity contribution in [2.75, 3.05) is 13.2 Å². The van der Waals surface area contributed by atoms with Crippen molar-refractivity contribution in [3.63, 3.8) is 0 Å². The summed E-state index contributed by atoms with van der Waals surface area (Å²) >= 11 is 0. The molecule has 2 N–H and O–H groups in total. The first-order valence-corrected chi connectivity index (χ1v) is 4.42. The number of ether oxygens (including phenoxy) is 1. The van der Waals surface area contributed by atoms with Crippen LogP contribution in [0, 0.1) is 0 Å². The van der Waals surface area contributed by atoms with Crippen LogP contribution in [0.3, 0.4) is 0 Å². The smallest absolute Gasteiger partial charge is 0.390 e. The van der Waals surface area contributed by atoms with E-state index in [1.54, 1.807) is 0 Å². The van der Waals surface area contributed by atoms with E-state index in [2.05, 4.69) is 4.52 Å². The van der Waals surface area contributed by atoms with Gasteiger partial charge in [0.05, 0.1) is 6.10 Å². The Bertz CT molecular complexity index is 150. The van der Waals surface area contributed by atoms with E-state index < -0.39 is 20.5 Å². The number of aliphatic hydroxyl groups excluding tert-OH is 1. The summed E-state index contributed by atoms with van der Waals surface area (Å²) in [5.41, 5.74) is 0. The minimum Gasteiger partial charge on any atom is -0.390 e. The lowest BCUT2D eigenvalue weighted by molar-refractivity contribution is 0.0104. The van der Waals surface area contributed by atoms with Crippen LogP contribution in [0.15, 0.2) is 0 Å². The summed E-state index contributed by atoms with van der Waals surface area (Å²) in [7, 11) is -2.58. The maximum Gasteiger partial charge on any atom is 0.694 e. The van der Waals surface area contributed by atoms with Crippen LogP contribution in [0.1, 0.15) is 6.42 Å². The second kappa shape index (κ2) is 4.09. The maximum atomic E-state index is 10.1. The van der Waals surface area contributed by atoms with E-state index >= 15 is 0 Å². The highest BCUT2D eigenvalue weighted by Crippen LogP contribution is 2.20. The molecule has 0 aromatic heterocycles. The molecule has 6 heteroatoms. The van der Waals surface area contributed by atoms with Gasteiger partial charge < -0.3 is 9.84 Å². The Kier molecular flexibility index (Phi) is 3.36. The molecule has 0 spiro atoms. The summed E-state index contributed by atoms with van der Waals surface area (Å²) in [5.74, 6) is 0. The molecule has 1 aliphatic rings. The zero-order chi connectivity index (χ0) is 8.27. The molecule has 1 rings (SSSR count). The molecule has 0 amide bonds. The molecule has 1 aliphatic heterocycles. The van der Waals surface area contributed by atoms with Crippen molar-refractivity contribution in [3.8, 4) is 0 Å². The van der Waals surface area contributed by atoms with Crippen molar-refractivity contribution in [2.45, 2.75) is 18.6 Å². The number of hydrogen-bond acceptors (Lipinski definition) is 4. The summed E-state index contributed by atoms with van der Waals surface area (Å²) < 4.78 is 19.4. The van der Waals surface area contributed by atoms with Gasteiger partial charge in [-0.05, 0) is 6.42 Å². The fourth-order valence-electron chi connectivity index (χ4n) is 0.934. The second-order valence-corrected chi connectivity index (χ2v) is 3.03. The Morgan fingerprint density at radius 2 is 2.45 bits per heavy atom. The summed E-state index contributed by atoms with van der Waals surface area (Å²) in [4.78, 5) is 8.25. The molecule has 64 valence electrons. The van der Waals surface area contributed by atoms with Gasteiger partial charge in [-0.3, -0.25) is 0 Å². The fraction of sp³-hybridized carbons (Fsp3) is 1.00. The third kappa shape index (κ3) is 2.81. The predicted octanol–water partition coefficient (Wildman–Crippen LogP) is -0.198. The van der Waals surface area contributed by atoms with E-state index in [9.17, 15) is 4.57 Å². The molecule has 0 aromatic rings. The molecular formula is C5H10O5P+. The van der Waals surface area contributed by atoms with E-state index in [-0.39, 0.29) is 6.61 Å². The van der Waals surface area contributed by atoms with Gasteiger partial charge in [-0.2, -0.15) is 0 Å². The first-order valence-electron chi connectivity index (χ1n) is 3.29. The average Bonchev–Trinajstić information content (AvgIpc) is 2.31. The summed E-state index contributed by atoms with van der Waals surface area (Å²) in [6.07, 6.45) is -0.443. The zero-order valence-corrected chi connectivity index (χ0v) is 6.74. The van der Waals surface area contributed by atoms with Crippen molar-refractivity contribution < 1.29 is 23.8 Å². The van der Waals surface area contributed by atoms with Gasteiger partial charge in [0.2, 0.25) is 0 Å². The highest BCUT2D eigenvalue weighted by molar-refractivity contribution is 7.32. The largest absolute Gasteiger partial charge is 0.694 e. The quantitative estimate of drug-likeness (QED) is 0.590. The molecule has 11 heavy (non-hydrogen) atoms. The van der Waals surface area contributed by atoms with E-state index in [1.807, 2.05) is 0 Å². The monoisotopic (exact) mass is 181 g/mol. The molecule has 1 heterocycles. The average molecular weight is 181 g/mol. The predicted molar refractivity (Wildman–Crippen MR) is 36.1 cm³/mol. The third-order valence-corrected chi connectivity index (χ3v) is 1.89. The fourth-order valence-corrected chi connectivity index (χ4v) is 1.21. The van der Waals surface area contributed by atoms with Gasteiger partial charge in [0.15, 0.2) is 0 Å². The molecule has 0 saturated carbocycles. The van der Waals surface area contributed by atoms with Crippen LogP contribution >= 0.6 is 8.25 Å². The van der Waals surface area contributed by atoms with Gasteiger partial charge in [-0.25, -0.2) is 0 Å². The van der Waals surface area contributed by atoms with Crippen LogP contribution in [0.25, 0.3) is 0 Å². The molecule has 0 radical (unpaired) electrons. The van der Waals surface area contributed by atoms with Crippen LogP contribution in [-0.4, -0.2) is 35.4 Å². The zero-order valence-electron chi connectivity index (χ0n) is 5.84.